The van der Waals surface area contributed by atoms with Crippen LogP contribution in [0.3, 0.4) is 0 Å². The predicted octanol–water partition coefficient (Wildman–Crippen LogP) is 4.29. The van der Waals surface area contributed by atoms with Crippen LogP contribution in [-0.4, -0.2) is 15.6 Å². The predicted molar refractivity (Wildman–Crippen MR) is 82.1 cm³/mol. The first-order chi connectivity index (χ1) is 10.1. The van der Waals surface area contributed by atoms with Crippen molar-refractivity contribution in [2.24, 2.45) is 0 Å². The van der Waals surface area contributed by atoms with E-state index in [4.69, 9.17) is 5.11 Å². The zero-order valence-corrected chi connectivity index (χ0v) is 12.5. The van der Waals surface area contributed by atoms with E-state index in [-0.39, 0.29) is 11.4 Å². The van der Waals surface area contributed by atoms with Crippen molar-refractivity contribution in [1.82, 2.24) is 4.57 Å². The highest BCUT2D eigenvalue weighted by Crippen LogP contribution is 2.24. The number of aromatic carboxylic acids is 1. The maximum absolute atomic E-state index is 13.5. The first-order valence-electron chi connectivity index (χ1n) is 6.31. The second kappa shape index (κ2) is 5.33. The molecule has 0 atom stereocenters. The van der Waals surface area contributed by atoms with Gasteiger partial charge in [-0.05, 0) is 51.8 Å². The smallest absolute Gasteiger partial charge is 0.335 e. The largest absolute Gasteiger partial charge is 0.478 e. The first-order valence-corrected chi connectivity index (χ1v) is 7.10. The lowest BCUT2D eigenvalue weighted by atomic mass is 10.1. The van der Waals surface area contributed by atoms with Crippen LogP contribution in [0.25, 0.3) is 10.9 Å². The Morgan fingerprint density at radius 2 is 2.05 bits per heavy atom. The molecule has 0 fully saturated rings. The highest BCUT2D eigenvalue weighted by molar-refractivity contribution is 9.10. The highest BCUT2D eigenvalue weighted by atomic mass is 79.9. The summed E-state index contributed by atoms with van der Waals surface area (Å²) >= 11 is 3.25. The molecule has 0 saturated heterocycles. The molecule has 3 aromatic rings. The van der Waals surface area contributed by atoms with Gasteiger partial charge in [0.1, 0.15) is 5.82 Å². The van der Waals surface area contributed by atoms with Gasteiger partial charge in [-0.15, -0.1) is 0 Å². The SMILES string of the molecule is O=C(O)c1ccc2c(ccn2Cc2cccc(F)c2Br)c1. The van der Waals surface area contributed by atoms with E-state index in [1.54, 1.807) is 24.3 Å². The summed E-state index contributed by atoms with van der Waals surface area (Å²) in [5.74, 6) is -1.24. The van der Waals surface area contributed by atoms with Crippen LogP contribution in [0.15, 0.2) is 53.1 Å². The van der Waals surface area contributed by atoms with Gasteiger partial charge in [0.05, 0.1) is 10.0 Å². The summed E-state index contributed by atoms with van der Waals surface area (Å²) in [6.45, 7) is 0.508. The van der Waals surface area contributed by atoms with Gasteiger partial charge in [-0.25, -0.2) is 9.18 Å². The van der Waals surface area contributed by atoms with E-state index in [1.165, 1.54) is 6.07 Å². The molecule has 3 nitrogen and oxygen atoms in total. The Bertz CT molecular complexity index is 841. The number of nitrogens with zero attached hydrogens (tertiary/aromatic N) is 1. The van der Waals surface area contributed by atoms with Crippen LogP contribution < -0.4 is 0 Å². The van der Waals surface area contributed by atoms with Gasteiger partial charge in [0.25, 0.3) is 0 Å². The van der Waals surface area contributed by atoms with Crippen LogP contribution in [-0.2, 0) is 6.54 Å². The fraction of sp³-hybridized carbons (Fsp3) is 0.0625. The van der Waals surface area contributed by atoms with Crippen LogP contribution in [0.4, 0.5) is 4.39 Å². The zero-order chi connectivity index (χ0) is 15.0. The molecule has 0 unspecified atom stereocenters. The number of halogens is 2. The summed E-state index contributed by atoms with van der Waals surface area (Å²) < 4.78 is 16.0. The zero-order valence-electron chi connectivity index (χ0n) is 10.9. The van der Waals surface area contributed by atoms with E-state index in [1.807, 2.05) is 22.9 Å². The van der Waals surface area contributed by atoms with Crippen molar-refractivity contribution >= 4 is 32.8 Å². The average molecular weight is 348 g/mol. The van der Waals surface area contributed by atoms with Crippen LogP contribution in [0, 0.1) is 5.82 Å². The van der Waals surface area contributed by atoms with Crippen LogP contribution in [0.2, 0.25) is 0 Å². The topological polar surface area (TPSA) is 42.2 Å². The van der Waals surface area contributed by atoms with Crippen molar-refractivity contribution in [3.63, 3.8) is 0 Å². The third-order valence-corrected chi connectivity index (χ3v) is 4.28. The van der Waals surface area contributed by atoms with Crippen molar-refractivity contribution in [3.8, 4) is 0 Å². The number of hydrogen-bond donors (Lipinski definition) is 1. The van der Waals surface area contributed by atoms with E-state index in [2.05, 4.69) is 15.9 Å². The van der Waals surface area contributed by atoms with Gasteiger partial charge in [-0.3, -0.25) is 0 Å². The number of aromatic nitrogens is 1. The quantitative estimate of drug-likeness (QED) is 0.767. The van der Waals surface area contributed by atoms with Crippen LogP contribution in [0.1, 0.15) is 15.9 Å². The molecule has 0 amide bonds. The fourth-order valence-corrected chi connectivity index (χ4v) is 2.71. The monoisotopic (exact) mass is 347 g/mol. The van der Waals surface area contributed by atoms with E-state index in [9.17, 15) is 9.18 Å². The molecule has 5 heteroatoms. The molecule has 0 bridgehead atoms. The number of carbonyl (C=O) groups is 1. The number of carboxylic acids is 1. The lowest BCUT2D eigenvalue weighted by Gasteiger charge is -2.08. The molecule has 0 aliphatic carbocycles. The van der Waals surface area contributed by atoms with Gasteiger partial charge in [0, 0.05) is 23.6 Å². The molecule has 1 N–H and O–H groups in total. The van der Waals surface area contributed by atoms with E-state index < -0.39 is 5.97 Å². The van der Waals surface area contributed by atoms with Gasteiger partial charge < -0.3 is 9.67 Å². The molecule has 0 spiro atoms. The minimum Gasteiger partial charge on any atom is -0.478 e. The van der Waals surface area contributed by atoms with Crippen molar-refractivity contribution < 1.29 is 14.3 Å². The van der Waals surface area contributed by atoms with Crippen molar-refractivity contribution in [3.05, 3.63) is 70.1 Å². The molecule has 1 aromatic heterocycles. The Labute approximate surface area is 128 Å². The van der Waals surface area contributed by atoms with E-state index in [0.29, 0.717) is 11.0 Å². The van der Waals surface area contributed by atoms with Crippen LogP contribution in [0.5, 0.6) is 0 Å². The number of rotatable bonds is 3. The minimum atomic E-state index is -0.947. The number of benzene rings is 2. The number of hydrogen-bond acceptors (Lipinski definition) is 1. The molecule has 1 heterocycles. The van der Waals surface area contributed by atoms with Gasteiger partial charge in [0.2, 0.25) is 0 Å². The normalized spacial score (nSPS) is 11.0. The highest BCUT2D eigenvalue weighted by Gasteiger charge is 2.09. The summed E-state index contributed by atoms with van der Waals surface area (Å²) in [5, 5.41) is 9.85. The molecule has 0 radical (unpaired) electrons. The Morgan fingerprint density at radius 1 is 1.24 bits per heavy atom. The fourth-order valence-electron chi connectivity index (χ4n) is 2.33. The lowest BCUT2D eigenvalue weighted by molar-refractivity contribution is 0.0697. The standard InChI is InChI=1S/C16H11BrFNO2/c17-15-12(2-1-3-13(15)18)9-19-7-6-10-8-11(16(20)21)4-5-14(10)19/h1-8H,9H2,(H,20,21). The van der Waals surface area contributed by atoms with Gasteiger partial charge in [0.15, 0.2) is 0 Å². The number of carboxylic acid groups (broad SMARTS) is 1. The molecule has 0 aliphatic heterocycles. The van der Waals surface area contributed by atoms with Crippen molar-refractivity contribution in [2.45, 2.75) is 6.54 Å². The molecule has 0 saturated carbocycles. The van der Waals surface area contributed by atoms with Gasteiger partial charge in [-0.1, -0.05) is 12.1 Å². The van der Waals surface area contributed by atoms with Crippen LogP contribution >= 0.6 is 15.9 Å². The molecular weight excluding hydrogens is 337 g/mol. The molecule has 106 valence electrons. The second-order valence-electron chi connectivity index (χ2n) is 4.74. The minimum absolute atomic E-state index is 0.257. The molecular formula is C16H11BrFNO2. The van der Waals surface area contributed by atoms with Crippen molar-refractivity contribution in [2.75, 3.05) is 0 Å². The summed E-state index contributed by atoms with van der Waals surface area (Å²) in [7, 11) is 0. The average Bonchev–Trinajstić information content (AvgIpc) is 2.86. The number of fused-ring (bicyclic) bond motifs is 1. The Morgan fingerprint density at radius 3 is 2.81 bits per heavy atom. The Hall–Kier alpha value is -2.14. The molecule has 0 aliphatic rings. The summed E-state index contributed by atoms with van der Waals surface area (Å²) in [6.07, 6.45) is 1.87. The molecule has 2 aromatic carbocycles. The third-order valence-electron chi connectivity index (χ3n) is 3.39. The second-order valence-corrected chi connectivity index (χ2v) is 5.53. The Balaban J connectivity index is 2.02. The van der Waals surface area contributed by atoms with E-state index in [0.717, 1.165) is 16.5 Å². The summed E-state index contributed by atoms with van der Waals surface area (Å²) in [4.78, 5) is 11.0. The first kappa shape index (κ1) is 13.8. The van der Waals surface area contributed by atoms with Gasteiger partial charge in [-0.2, -0.15) is 0 Å². The summed E-state index contributed by atoms with van der Waals surface area (Å²) in [5.41, 5.74) is 2.00. The maximum atomic E-state index is 13.5. The van der Waals surface area contributed by atoms with Gasteiger partial charge >= 0.3 is 5.97 Å². The maximum Gasteiger partial charge on any atom is 0.335 e. The molecule has 21 heavy (non-hydrogen) atoms. The summed E-state index contributed by atoms with van der Waals surface area (Å²) in [6, 6.07) is 11.8. The molecule has 3 rings (SSSR count). The third kappa shape index (κ3) is 2.56. The van der Waals surface area contributed by atoms with Crippen molar-refractivity contribution in [1.29, 1.82) is 0 Å². The Kier molecular flexibility index (Phi) is 3.51. The lowest BCUT2D eigenvalue weighted by Crippen LogP contribution is -2.00. The van der Waals surface area contributed by atoms with E-state index >= 15 is 0 Å².